The fourth-order valence-corrected chi connectivity index (χ4v) is 1.51. The number of hydrogen-bond donors (Lipinski definition) is 0. The van der Waals surface area contributed by atoms with Crippen LogP contribution in [0.4, 0.5) is 0 Å². The summed E-state index contributed by atoms with van der Waals surface area (Å²) in [6, 6.07) is 7.78. The van der Waals surface area contributed by atoms with Gasteiger partial charge in [0, 0.05) is 5.56 Å². The number of nitrogens with zero attached hydrogens (tertiary/aromatic N) is 1. The van der Waals surface area contributed by atoms with Crippen molar-refractivity contribution in [2.45, 2.75) is 33.1 Å². The van der Waals surface area contributed by atoms with Gasteiger partial charge in [-0.05, 0) is 36.1 Å². The van der Waals surface area contributed by atoms with Crippen molar-refractivity contribution < 1.29 is 4.79 Å². The maximum Gasteiger partial charge on any atom is 0.176 e. The molecular weight excluding hydrogens is 186 g/mol. The predicted octanol–water partition coefficient (Wildman–Crippen LogP) is 2.91. The number of carbonyl (C=O) groups is 1. The van der Waals surface area contributed by atoms with Gasteiger partial charge < -0.3 is 0 Å². The molecule has 0 N–H and O–H groups in total. The molecule has 0 saturated carbocycles. The number of nitriles is 1. The third kappa shape index (κ3) is 2.92. The van der Waals surface area contributed by atoms with Crippen molar-refractivity contribution in [3.63, 3.8) is 0 Å². The summed E-state index contributed by atoms with van der Waals surface area (Å²) < 4.78 is 0. The van der Waals surface area contributed by atoms with Crippen LogP contribution in [0.3, 0.4) is 0 Å². The molecule has 1 aromatic carbocycles. The first-order chi connectivity index (χ1) is 7.21. The van der Waals surface area contributed by atoms with Crippen molar-refractivity contribution in [2.75, 3.05) is 0 Å². The molecule has 0 spiro atoms. The van der Waals surface area contributed by atoms with Crippen LogP contribution in [0.2, 0.25) is 0 Å². The van der Waals surface area contributed by atoms with Crippen LogP contribution in [0.1, 0.15) is 41.8 Å². The molecule has 0 fully saturated rings. The maximum absolute atomic E-state index is 11.6. The van der Waals surface area contributed by atoms with Crippen LogP contribution in [-0.4, -0.2) is 5.78 Å². The summed E-state index contributed by atoms with van der Waals surface area (Å²) in [7, 11) is 0. The zero-order valence-corrected chi connectivity index (χ0v) is 9.21. The van der Waals surface area contributed by atoms with E-state index in [0.29, 0.717) is 5.56 Å². The molecule has 0 heterocycles. The quantitative estimate of drug-likeness (QED) is 0.703. The van der Waals surface area contributed by atoms with Crippen molar-refractivity contribution in [3.8, 4) is 6.07 Å². The first kappa shape index (κ1) is 11.5. The summed E-state index contributed by atoms with van der Waals surface area (Å²) in [5.41, 5.74) is 3.00. The maximum atomic E-state index is 11.6. The van der Waals surface area contributed by atoms with E-state index in [0.717, 1.165) is 24.0 Å². The third-order valence-electron chi connectivity index (χ3n) is 2.43. The Hall–Kier alpha value is -1.62. The highest BCUT2D eigenvalue weighted by Crippen LogP contribution is 2.13. The normalized spacial score (nSPS) is 9.67. The fourth-order valence-electron chi connectivity index (χ4n) is 1.51. The highest BCUT2D eigenvalue weighted by atomic mass is 16.1. The van der Waals surface area contributed by atoms with Crippen molar-refractivity contribution in [2.24, 2.45) is 0 Å². The highest BCUT2D eigenvalue weighted by Gasteiger charge is 2.07. The SMILES string of the molecule is CCc1cc(CC)cc(C(=O)CC#N)c1. The van der Waals surface area contributed by atoms with Crippen molar-refractivity contribution in [1.29, 1.82) is 5.26 Å². The van der Waals surface area contributed by atoms with E-state index in [1.54, 1.807) is 0 Å². The van der Waals surface area contributed by atoms with E-state index < -0.39 is 0 Å². The summed E-state index contributed by atoms with van der Waals surface area (Å²) in [4.78, 5) is 11.6. The molecule has 0 bridgehead atoms. The van der Waals surface area contributed by atoms with Gasteiger partial charge in [-0.15, -0.1) is 0 Å². The Labute approximate surface area is 90.5 Å². The van der Waals surface area contributed by atoms with Gasteiger partial charge in [-0.2, -0.15) is 5.26 Å². The molecule has 0 unspecified atom stereocenters. The van der Waals surface area contributed by atoms with Crippen molar-refractivity contribution in [1.82, 2.24) is 0 Å². The fraction of sp³-hybridized carbons (Fsp3) is 0.385. The van der Waals surface area contributed by atoms with Gasteiger partial charge in [0.25, 0.3) is 0 Å². The number of carbonyl (C=O) groups excluding carboxylic acids is 1. The number of Topliss-reactive ketones (excluding diaryl/α,β-unsaturated/α-hetero) is 1. The second kappa shape index (κ2) is 5.31. The molecule has 0 aliphatic carbocycles. The van der Waals surface area contributed by atoms with Crippen LogP contribution in [0.25, 0.3) is 0 Å². The molecule has 0 atom stereocenters. The van der Waals surface area contributed by atoms with E-state index in [-0.39, 0.29) is 12.2 Å². The zero-order valence-electron chi connectivity index (χ0n) is 9.21. The molecule has 0 radical (unpaired) electrons. The topological polar surface area (TPSA) is 40.9 Å². The Morgan fingerprint density at radius 3 is 2.13 bits per heavy atom. The van der Waals surface area contributed by atoms with Crippen LogP contribution >= 0.6 is 0 Å². The van der Waals surface area contributed by atoms with Crippen LogP contribution in [0.5, 0.6) is 0 Å². The Morgan fingerprint density at radius 2 is 1.73 bits per heavy atom. The van der Waals surface area contributed by atoms with Gasteiger partial charge >= 0.3 is 0 Å². The van der Waals surface area contributed by atoms with E-state index in [9.17, 15) is 4.79 Å². The largest absolute Gasteiger partial charge is 0.293 e. The summed E-state index contributed by atoms with van der Waals surface area (Å²) in [6.07, 6.45) is 1.80. The van der Waals surface area contributed by atoms with Gasteiger partial charge in [0.2, 0.25) is 0 Å². The molecule has 1 aromatic rings. The van der Waals surface area contributed by atoms with Crippen molar-refractivity contribution in [3.05, 3.63) is 34.9 Å². The Balaban J connectivity index is 3.07. The lowest BCUT2D eigenvalue weighted by Gasteiger charge is -2.05. The molecule has 0 aromatic heterocycles. The van der Waals surface area contributed by atoms with E-state index >= 15 is 0 Å². The second-order valence-electron chi connectivity index (χ2n) is 3.50. The Morgan fingerprint density at radius 1 is 1.20 bits per heavy atom. The van der Waals surface area contributed by atoms with Crippen LogP contribution in [-0.2, 0) is 12.8 Å². The Bertz CT molecular complexity index is 379. The highest BCUT2D eigenvalue weighted by molar-refractivity contribution is 5.97. The predicted molar refractivity (Wildman–Crippen MR) is 59.8 cm³/mol. The lowest BCUT2D eigenvalue weighted by Crippen LogP contribution is -2.00. The number of aryl methyl sites for hydroxylation is 2. The summed E-state index contributed by atoms with van der Waals surface area (Å²) >= 11 is 0. The molecule has 0 aliphatic rings. The summed E-state index contributed by atoms with van der Waals surface area (Å²) in [5.74, 6) is -0.0810. The van der Waals surface area contributed by atoms with Crippen LogP contribution < -0.4 is 0 Å². The zero-order chi connectivity index (χ0) is 11.3. The molecule has 2 heteroatoms. The smallest absolute Gasteiger partial charge is 0.176 e. The number of benzene rings is 1. The molecule has 0 amide bonds. The molecule has 78 valence electrons. The summed E-state index contributed by atoms with van der Waals surface area (Å²) in [5, 5.41) is 8.48. The summed E-state index contributed by atoms with van der Waals surface area (Å²) in [6.45, 7) is 4.13. The average Bonchev–Trinajstić information content (AvgIpc) is 2.28. The van der Waals surface area contributed by atoms with Gasteiger partial charge in [0.1, 0.15) is 0 Å². The monoisotopic (exact) mass is 201 g/mol. The minimum Gasteiger partial charge on any atom is -0.293 e. The first-order valence-corrected chi connectivity index (χ1v) is 5.24. The first-order valence-electron chi connectivity index (χ1n) is 5.24. The molecule has 1 rings (SSSR count). The average molecular weight is 201 g/mol. The molecule has 2 nitrogen and oxygen atoms in total. The molecule has 0 aliphatic heterocycles. The van der Waals surface area contributed by atoms with E-state index in [1.165, 1.54) is 0 Å². The van der Waals surface area contributed by atoms with Gasteiger partial charge in [-0.25, -0.2) is 0 Å². The number of rotatable bonds is 4. The standard InChI is InChI=1S/C13H15NO/c1-3-10-7-11(4-2)9-12(8-10)13(15)5-6-14/h7-9H,3-5H2,1-2H3. The van der Waals surface area contributed by atoms with E-state index in [1.807, 2.05) is 18.2 Å². The van der Waals surface area contributed by atoms with Crippen LogP contribution in [0.15, 0.2) is 18.2 Å². The van der Waals surface area contributed by atoms with E-state index in [2.05, 4.69) is 19.9 Å². The third-order valence-corrected chi connectivity index (χ3v) is 2.43. The lowest BCUT2D eigenvalue weighted by molar-refractivity contribution is 0.0997. The molecule has 15 heavy (non-hydrogen) atoms. The van der Waals surface area contributed by atoms with E-state index in [4.69, 9.17) is 5.26 Å². The lowest BCUT2D eigenvalue weighted by atomic mass is 9.99. The Kier molecular flexibility index (Phi) is 4.05. The van der Waals surface area contributed by atoms with Crippen LogP contribution in [0, 0.1) is 11.3 Å². The number of ketones is 1. The second-order valence-corrected chi connectivity index (χ2v) is 3.50. The van der Waals surface area contributed by atoms with Crippen molar-refractivity contribution >= 4 is 5.78 Å². The minimum atomic E-state index is -0.0810. The minimum absolute atomic E-state index is 0.0314. The molecular formula is C13H15NO. The molecule has 0 saturated heterocycles. The number of hydrogen-bond acceptors (Lipinski definition) is 2. The van der Waals surface area contributed by atoms with Gasteiger partial charge in [-0.1, -0.05) is 19.9 Å². The van der Waals surface area contributed by atoms with Gasteiger partial charge in [0.15, 0.2) is 5.78 Å². The van der Waals surface area contributed by atoms with Gasteiger partial charge in [-0.3, -0.25) is 4.79 Å². The van der Waals surface area contributed by atoms with Gasteiger partial charge in [0.05, 0.1) is 12.5 Å².